The average Bonchev–Trinajstić information content (AvgIpc) is 2.25. The summed E-state index contributed by atoms with van der Waals surface area (Å²) < 4.78 is 0.769. The largest absolute Gasteiger partial charge is 0.480 e. The molecule has 1 heterocycles. The van der Waals surface area contributed by atoms with E-state index >= 15 is 0 Å². The van der Waals surface area contributed by atoms with E-state index in [9.17, 15) is 14.4 Å². The van der Waals surface area contributed by atoms with E-state index in [1.54, 1.807) is 0 Å². The minimum atomic E-state index is -1.19. The first-order valence-electron chi connectivity index (χ1n) is 4.78. The topological polar surface area (TPSA) is 141 Å². The molecular formula is C9H12N4O4. The Balaban J connectivity index is 2.71. The molecule has 17 heavy (non-hydrogen) atoms. The van der Waals surface area contributed by atoms with Crippen molar-refractivity contribution < 1.29 is 14.7 Å². The van der Waals surface area contributed by atoms with E-state index in [-0.39, 0.29) is 18.7 Å². The highest BCUT2D eigenvalue weighted by molar-refractivity contribution is 5.80. The first-order chi connectivity index (χ1) is 7.91. The minimum absolute atomic E-state index is 0.0151. The third-order valence-electron chi connectivity index (χ3n) is 2.08. The molecule has 1 rings (SSSR count). The molecule has 8 nitrogen and oxygen atoms in total. The van der Waals surface area contributed by atoms with Crippen LogP contribution in [-0.2, 0) is 4.79 Å². The van der Waals surface area contributed by atoms with Crippen LogP contribution in [0.1, 0.15) is 17.6 Å². The van der Waals surface area contributed by atoms with Crippen molar-refractivity contribution in [2.75, 3.05) is 5.73 Å². The molecule has 0 fully saturated rings. The Morgan fingerprint density at radius 2 is 2.18 bits per heavy atom. The van der Waals surface area contributed by atoms with Gasteiger partial charge in [-0.25, -0.2) is 9.36 Å². The standard InChI is InChI=1S/C9H12N4O4/c10-5(8(15)16)1-2-7(14)13-4-3-6(11)12-9(13)17/h3-5H,1-2,10H2,(H,15,16)(H2,11,12,17)/t5-/m0/s1. The fourth-order valence-electron chi connectivity index (χ4n) is 1.13. The molecule has 0 aliphatic heterocycles. The Kier molecular flexibility index (Phi) is 3.94. The Morgan fingerprint density at radius 3 is 2.71 bits per heavy atom. The van der Waals surface area contributed by atoms with Crippen LogP contribution in [0.15, 0.2) is 17.1 Å². The summed E-state index contributed by atoms with van der Waals surface area (Å²) in [4.78, 5) is 36.6. The maximum Gasteiger partial charge on any atom is 0.356 e. The Labute approximate surface area is 95.9 Å². The quantitative estimate of drug-likeness (QED) is 0.591. The van der Waals surface area contributed by atoms with Gasteiger partial charge in [0.25, 0.3) is 0 Å². The van der Waals surface area contributed by atoms with Gasteiger partial charge in [-0.15, -0.1) is 0 Å². The molecule has 92 valence electrons. The van der Waals surface area contributed by atoms with Crippen molar-refractivity contribution in [3.05, 3.63) is 22.7 Å². The van der Waals surface area contributed by atoms with Gasteiger partial charge in [0.1, 0.15) is 11.9 Å². The lowest BCUT2D eigenvalue weighted by Crippen LogP contribution is -2.33. The number of anilines is 1. The lowest BCUT2D eigenvalue weighted by molar-refractivity contribution is -0.138. The smallest absolute Gasteiger partial charge is 0.356 e. The summed E-state index contributed by atoms with van der Waals surface area (Å²) in [6.07, 6.45) is 0.989. The number of carboxylic acid groups (broad SMARTS) is 1. The molecule has 0 spiro atoms. The van der Waals surface area contributed by atoms with E-state index in [1.807, 2.05) is 0 Å². The Hall–Kier alpha value is -2.22. The summed E-state index contributed by atoms with van der Waals surface area (Å²) in [5.74, 6) is -1.75. The summed E-state index contributed by atoms with van der Waals surface area (Å²) in [5.41, 5.74) is 9.69. The van der Waals surface area contributed by atoms with Crippen molar-refractivity contribution in [1.82, 2.24) is 9.55 Å². The molecule has 0 radical (unpaired) electrons. The molecule has 0 aromatic carbocycles. The molecular weight excluding hydrogens is 228 g/mol. The minimum Gasteiger partial charge on any atom is -0.480 e. The highest BCUT2D eigenvalue weighted by Crippen LogP contribution is 1.98. The number of carbonyl (C=O) groups excluding carboxylic acids is 1. The number of rotatable bonds is 4. The second-order valence-corrected chi connectivity index (χ2v) is 3.38. The van der Waals surface area contributed by atoms with E-state index in [4.69, 9.17) is 16.6 Å². The second kappa shape index (κ2) is 5.21. The number of nitrogens with two attached hydrogens (primary N) is 2. The predicted octanol–water partition coefficient (Wildman–Crippen LogP) is -1.34. The van der Waals surface area contributed by atoms with Gasteiger partial charge in [-0.3, -0.25) is 9.59 Å². The third-order valence-corrected chi connectivity index (χ3v) is 2.08. The van der Waals surface area contributed by atoms with E-state index in [1.165, 1.54) is 12.3 Å². The van der Waals surface area contributed by atoms with Gasteiger partial charge < -0.3 is 16.6 Å². The molecule has 0 saturated heterocycles. The lowest BCUT2D eigenvalue weighted by atomic mass is 10.1. The van der Waals surface area contributed by atoms with Crippen LogP contribution in [0.25, 0.3) is 0 Å². The van der Waals surface area contributed by atoms with E-state index < -0.39 is 23.6 Å². The molecule has 0 aliphatic rings. The SMILES string of the molecule is Nc1ccn(C(=O)CC[C@H](N)C(=O)O)c(=O)n1. The molecule has 0 saturated carbocycles. The second-order valence-electron chi connectivity index (χ2n) is 3.38. The van der Waals surface area contributed by atoms with Crippen molar-refractivity contribution in [2.24, 2.45) is 5.73 Å². The summed E-state index contributed by atoms with van der Waals surface area (Å²) in [6, 6.07) is 0.174. The molecule has 1 atom stereocenters. The molecule has 1 aromatic rings. The summed E-state index contributed by atoms with van der Waals surface area (Å²) in [5, 5.41) is 8.52. The number of aromatic nitrogens is 2. The lowest BCUT2D eigenvalue weighted by Gasteiger charge is -2.06. The van der Waals surface area contributed by atoms with Crippen molar-refractivity contribution in [3.63, 3.8) is 0 Å². The van der Waals surface area contributed by atoms with Crippen molar-refractivity contribution in [1.29, 1.82) is 0 Å². The van der Waals surface area contributed by atoms with Gasteiger partial charge in [-0.1, -0.05) is 0 Å². The van der Waals surface area contributed by atoms with Crippen LogP contribution in [-0.4, -0.2) is 32.6 Å². The van der Waals surface area contributed by atoms with Crippen molar-refractivity contribution >= 4 is 17.7 Å². The van der Waals surface area contributed by atoms with Crippen molar-refractivity contribution in [3.8, 4) is 0 Å². The van der Waals surface area contributed by atoms with Gasteiger partial charge in [0, 0.05) is 12.6 Å². The van der Waals surface area contributed by atoms with Gasteiger partial charge in [-0.2, -0.15) is 4.98 Å². The summed E-state index contributed by atoms with van der Waals surface area (Å²) >= 11 is 0. The highest BCUT2D eigenvalue weighted by Gasteiger charge is 2.15. The average molecular weight is 240 g/mol. The summed E-state index contributed by atoms with van der Waals surface area (Å²) in [6.45, 7) is 0. The monoisotopic (exact) mass is 240 g/mol. The molecule has 1 aromatic heterocycles. The number of carbonyl (C=O) groups is 2. The van der Waals surface area contributed by atoms with Gasteiger partial charge >= 0.3 is 11.7 Å². The van der Waals surface area contributed by atoms with Crippen LogP contribution in [0, 0.1) is 0 Å². The Bertz CT molecular complexity index is 496. The number of hydrogen-bond acceptors (Lipinski definition) is 6. The van der Waals surface area contributed by atoms with Gasteiger partial charge in [-0.05, 0) is 12.5 Å². The molecule has 0 amide bonds. The van der Waals surface area contributed by atoms with Crippen LogP contribution in [0.3, 0.4) is 0 Å². The van der Waals surface area contributed by atoms with Crippen LogP contribution in [0.2, 0.25) is 0 Å². The van der Waals surface area contributed by atoms with Crippen LogP contribution in [0.5, 0.6) is 0 Å². The number of hydrogen-bond donors (Lipinski definition) is 3. The highest BCUT2D eigenvalue weighted by atomic mass is 16.4. The summed E-state index contributed by atoms with van der Waals surface area (Å²) in [7, 11) is 0. The number of nitrogens with zero attached hydrogens (tertiary/aromatic N) is 2. The van der Waals surface area contributed by atoms with Crippen LogP contribution in [0.4, 0.5) is 5.82 Å². The molecule has 0 bridgehead atoms. The molecule has 0 aliphatic carbocycles. The predicted molar refractivity (Wildman–Crippen MR) is 58.4 cm³/mol. The zero-order chi connectivity index (χ0) is 13.0. The maximum atomic E-state index is 11.5. The van der Waals surface area contributed by atoms with Gasteiger partial charge in [0.05, 0.1) is 0 Å². The fraction of sp³-hybridized carbons (Fsp3) is 0.333. The van der Waals surface area contributed by atoms with E-state index in [2.05, 4.69) is 4.98 Å². The van der Waals surface area contributed by atoms with Crippen LogP contribution < -0.4 is 17.2 Å². The zero-order valence-corrected chi connectivity index (χ0v) is 8.87. The zero-order valence-electron chi connectivity index (χ0n) is 8.87. The van der Waals surface area contributed by atoms with E-state index in [0.29, 0.717) is 0 Å². The third kappa shape index (κ3) is 3.38. The first kappa shape index (κ1) is 12.8. The van der Waals surface area contributed by atoms with E-state index in [0.717, 1.165) is 4.57 Å². The Morgan fingerprint density at radius 1 is 1.53 bits per heavy atom. The molecule has 8 heteroatoms. The van der Waals surface area contributed by atoms with Crippen molar-refractivity contribution in [2.45, 2.75) is 18.9 Å². The molecule has 5 N–H and O–H groups in total. The number of carboxylic acids is 1. The maximum absolute atomic E-state index is 11.5. The van der Waals surface area contributed by atoms with Gasteiger partial charge in [0.2, 0.25) is 5.91 Å². The number of nitrogen functional groups attached to an aromatic ring is 1. The van der Waals surface area contributed by atoms with Crippen LogP contribution >= 0.6 is 0 Å². The first-order valence-corrected chi connectivity index (χ1v) is 4.78. The normalized spacial score (nSPS) is 12.1. The number of aliphatic carboxylic acids is 1. The fourth-order valence-corrected chi connectivity index (χ4v) is 1.13. The van der Waals surface area contributed by atoms with Gasteiger partial charge in [0.15, 0.2) is 0 Å². The molecule has 0 unspecified atom stereocenters.